The maximum Gasteiger partial charge on any atom is 0.138 e. The van der Waals surface area contributed by atoms with Crippen molar-refractivity contribution in [1.29, 1.82) is 0 Å². The Bertz CT molecular complexity index is 289. The molecule has 2 heterocycles. The van der Waals surface area contributed by atoms with Crippen LogP contribution in [0.1, 0.15) is 18.5 Å². The van der Waals surface area contributed by atoms with Crippen LogP contribution in [0.5, 0.6) is 0 Å². The van der Waals surface area contributed by atoms with Crippen LogP contribution >= 0.6 is 34.9 Å². The van der Waals surface area contributed by atoms with Crippen LogP contribution < -0.4 is 0 Å². The summed E-state index contributed by atoms with van der Waals surface area (Å²) in [5.74, 6) is 0.875. The molecule has 0 radical (unpaired) electrons. The molecular formula is C8H11ClN2OS2. The molecule has 3 nitrogen and oxygen atoms in total. The van der Waals surface area contributed by atoms with E-state index in [9.17, 15) is 0 Å². The van der Waals surface area contributed by atoms with Gasteiger partial charge in [-0.25, -0.2) is 0 Å². The number of aromatic nitrogens is 2. The number of ether oxygens (including phenoxy) is 1. The second kappa shape index (κ2) is 5.30. The van der Waals surface area contributed by atoms with Gasteiger partial charge in [-0.15, -0.1) is 5.10 Å². The Hall–Kier alpha value is 0.160. The molecule has 1 saturated heterocycles. The van der Waals surface area contributed by atoms with Crippen LogP contribution in [-0.2, 0) is 10.5 Å². The first-order valence-electron chi connectivity index (χ1n) is 4.52. The molecule has 0 aliphatic carbocycles. The molecule has 1 aliphatic heterocycles. The average molecular weight is 251 g/mol. The van der Waals surface area contributed by atoms with Gasteiger partial charge in [-0.3, -0.25) is 0 Å². The van der Waals surface area contributed by atoms with Gasteiger partial charge in [0.25, 0.3) is 0 Å². The van der Waals surface area contributed by atoms with E-state index in [1.165, 1.54) is 11.5 Å². The quantitative estimate of drug-likeness (QED) is 0.826. The van der Waals surface area contributed by atoms with E-state index in [1.807, 2.05) is 11.8 Å². The van der Waals surface area contributed by atoms with Crippen molar-refractivity contribution in [1.82, 2.24) is 9.59 Å². The predicted molar refractivity (Wildman–Crippen MR) is 60.1 cm³/mol. The monoisotopic (exact) mass is 250 g/mol. The lowest BCUT2D eigenvalue weighted by Crippen LogP contribution is -2.17. The molecule has 78 valence electrons. The minimum absolute atomic E-state index is 0.696. The molecule has 0 bridgehead atoms. The van der Waals surface area contributed by atoms with Crippen LogP contribution in [0, 0.1) is 0 Å². The van der Waals surface area contributed by atoms with Crippen LogP contribution in [0.3, 0.4) is 0 Å². The fourth-order valence-electron chi connectivity index (χ4n) is 1.32. The SMILES string of the molecule is Clc1snnc1CSC1CCOCC1. The fourth-order valence-corrected chi connectivity index (χ4v) is 3.24. The number of rotatable bonds is 3. The summed E-state index contributed by atoms with van der Waals surface area (Å²) in [4.78, 5) is 0. The Kier molecular flexibility index (Phi) is 4.04. The summed E-state index contributed by atoms with van der Waals surface area (Å²) in [7, 11) is 0. The third-order valence-corrected chi connectivity index (χ3v) is 4.50. The number of hydrogen-bond donors (Lipinski definition) is 0. The molecule has 1 aromatic heterocycles. The largest absolute Gasteiger partial charge is 0.381 e. The van der Waals surface area contributed by atoms with Crippen LogP contribution in [0.4, 0.5) is 0 Å². The van der Waals surface area contributed by atoms with Gasteiger partial charge in [-0.05, 0) is 12.8 Å². The third kappa shape index (κ3) is 2.82. The molecule has 0 unspecified atom stereocenters. The lowest BCUT2D eigenvalue weighted by atomic mass is 10.2. The normalized spacial score (nSPS) is 18.6. The smallest absolute Gasteiger partial charge is 0.138 e. The fraction of sp³-hybridized carbons (Fsp3) is 0.750. The standard InChI is InChI=1S/C8H11ClN2OS2/c9-8-7(10-11-14-8)5-13-6-1-3-12-4-2-6/h6H,1-5H2. The number of nitrogens with zero attached hydrogens (tertiary/aromatic N) is 2. The molecule has 0 N–H and O–H groups in total. The molecule has 2 rings (SSSR count). The van der Waals surface area contributed by atoms with Gasteiger partial charge in [0.05, 0.1) is 0 Å². The topological polar surface area (TPSA) is 35.0 Å². The second-order valence-corrected chi connectivity index (χ2v) is 5.76. The summed E-state index contributed by atoms with van der Waals surface area (Å²) in [6.07, 6.45) is 2.28. The lowest BCUT2D eigenvalue weighted by Gasteiger charge is -2.20. The summed E-state index contributed by atoms with van der Waals surface area (Å²) >= 11 is 9.08. The van der Waals surface area contributed by atoms with Gasteiger partial charge in [0.15, 0.2) is 0 Å². The van der Waals surface area contributed by atoms with Crippen LogP contribution in [-0.4, -0.2) is 28.1 Å². The molecule has 14 heavy (non-hydrogen) atoms. The van der Waals surface area contributed by atoms with E-state index in [2.05, 4.69) is 9.59 Å². The van der Waals surface area contributed by atoms with Gasteiger partial charge >= 0.3 is 0 Å². The van der Waals surface area contributed by atoms with Crippen molar-refractivity contribution in [2.24, 2.45) is 0 Å². The predicted octanol–water partition coefficient (Wildman–Crippen LogP) is 2.60. The average Bonchev–Trinajstić information content (AvgIpc) is 2.63. The first-order valence-corrected chi connectivity index (χ1v) is 6.72. The molecule has 1 aromatic rings. The number of halogens is 1. The molecule has 6 heteroatoms. The highest BCUT2D eigenvalue weighted by molar-refractivity contribution is 7.99. The van der Waals surface area contributed by atoms with Crippen molar-refractivity contribution in [2.45, 2.75) is 23.8 Å². The zero-order chi connectivity index (χ0) is 9.80. The minimum atomic E-state index is 0.696. The van der Waals surface area contributed by atoms with Crippen molar-refractivity contribution in [3.63, 3.8) is 0 Å². The van der Waals surface area contributed by atoms with Gasteiger partial charge < -0.3 is 4.74 Å². The van der Waals surface area contributed by atoms with Crippen LogP contribution in [0.15, 0.2) is 0 Å². The second-order valence-electron chi connectivity index (χ2n) is 3.12. The van der Waals surface area contributed by atoms with E-state index in [-0.39, 0.29) is 0 Å². The number of hydrogen-bond acceptors (Lipinski definition) is 5. The van der Waals surface area contributed by atoms with Gasteiger partial charge in [-0.1, -0.05) is 16.1 Å². The summed E-state index contributed by atoms with van der Waals surface area (Å²) in [5.41, 5.74) is 0.924. The molecule has 0 saturated carbocycles. The van der Waals surface area contributed by atoms with Crippen molar-refractivity contribution in [3.8, 4) is 0 Å². The van der Waals surface area contributed by atoms with E-state index in [0.717, 1.165) is 41.8 Å². The Labute approximate surface area is 96.3 Å². The lowest BCUT2D eigenvalue weighted by molar-refractivity contribution is 0.1000. The van der Waals surface area contributed by atoms with Crippen LogP contribution in [0.2, 0.25) is 4.34 Å². The molecular weight excluding hydrogens is 240 g/mol. The Morgan fingerprint density at radius 1 is 1.50 bits per heavy atom. The van der Waals surface area contributed by atoms with Gasteiger partial charge in [0.2, 0.25) is 0 Å². The van der Waals surface area contributed by atoms with Crippen LogP contribution in [0.25, 0.3) is 0 Å². The zero-order valence-corrected chi connectivity index (χ0v) is 10.00. The van der Waals surface area contributed by atoms with Gasteiger partial charge in [0, 0.05) is 35.7 Å². The molecule has 1 aliphatic rings. The van der Waals surface area contributed by atoms with Gasteiger partial charge in [-0.2, -0.15) is 11.8 Å². The molecule has 1 fully saturated rings. The summed E-state index contributed by atoms with van der Waals surface area (Å²) in [5, 5.41) is 4.68. The molecule has 0 aromatic carbocycles. The first-order chi connectivity index (χ1) is 6.86. The van der Waals surface area contributed by atoms with Crippen molar-refractivity contribution >= 4 is 34.9 Å². The van der Waals surface area contributed by atoms with E-state index in [1.54, 1.807) is 0 Å². The highest BCUT2D eigenvalue weighted by Crippen LogP contribution is 2.28. The van der Waals surface area contributed by atoms with E-state index in [0.29, 0.717) is 5.25 Å². The Balaban J connectivity index is 1.79. The molecule has 0 amide bonds. The van der Waals surface area contributed by atoms with Crippen molar-refractivity contribution < 1.29 is 4.74 Å². The van der Waals surface area contributed by atoms with Gasteiger partial charge in [0.1, 0.15) is 10.0 Å². The Morgan fingerprint density at radius 3 is 2.93 bits per heavy atom. The Morgan fingerprint density at radius 2 is 2.29 bits per heavy atom. The maximum atomic E-state index is 5.91. The highest BCUT2D eigenvalue weighted by atomic mass is 35.5. The first kappa shape index (κ1) is 10.7. The summed E-state index contributed by atoms with van der Waals surface area (Å²) in [6, 6.07) is 0. The summed E-state index contributed by atoms with van der Waals surface area (Å²) in [6.45, 7) is 1.78. The van der Waals surface area contributed by atoms with Crippen molar-refractivity contribution in [3.05, 3.63) is 10.0 Å². The number of thioether (sulfide) groups is 1. The minimum Gasteiger partial charge on any atom is -0.381 e. The zero-order valence-electron chi connectivity index (χ0n) is 7.61. The summed E-state index contributed by atoms with van der Waals surface area (Å²) < 4.78 is 9.83. The molecule has 0 atom stereocenters. The van der Waals surface area contributed by atoms with E-state index in [4.69, 9.17) is 16.3 Å². The molecule has 0 spiro atoms. The van der Waals surface area contributed by atoms with Crippen molar-refractivity contribution in [2.75, 3.05) is 13.2 Å². The third-order valence-electron chi connectivity index (χ3n) is 2.13. The maximum absolute atomic E-state index is 5.91. The van der Waals surface area contributed by atoms with E-state index < -0.39 is 0 Å². The van der Waals surface area contributed by atoms with E-state index >= 15 is 0 Å². The highest BCUT2D eigenvalue weighted by Gasteiger charge is 2.15.